The van der Waals surface area contributed by atoms with Crippen molar-refractivity contribution in [2.75, 3.05) is 13.1 Å². The molecule has 0 spiro atoms. The molecule has 2 heterocycles. The second-order valence-corrected chi connectivity index (χ2v) is 4.84. The summed E-state index contributed by atoms with van der Waals surface area (Å²) in [6, 6.07) is 2.03. The fourth-order valence-corrected chi connectivity index (χ4v) is 2.80. The van der Waals surface area contributed by atoms with Crippen molar-refractivity contribution in [3.63, 3.8) is 0 Å². The Labute approximate surface area is 83.3 Å². The lowest BCUT2D eigenvalue weighted by atomic mass is 10.2. The predicted octanol–water partition coefficient (Wildman–Crippen LogP) is 2.66. The van der Waals surface area contributed by atoms with Crippen LogP contribution in [-0.4, -0.2) is 24.2 Å². The Morgan fingerprint density at radius 3 is 2.92 bits per heavy atom. The van der Waals surface area contributed by atoms with E-state index in [4.69, 9.17) is 0 Å². The lowest BCUT2D eigenvalue weighted by Crippen LogP contribution is -2.47. The van der Waals surface area contributed by atoms with Crippen molar-refractivity contribution in [3.05, 3.63) is 20.8 Å². The van der Waals surface area contributed by atoms with Gasteiger partial charge in [-0.1, -0.05) is 0 Å². The third-order valence-electron chi connectivity index (χ3n) is 1.97. The van der Waals surface area contributed by atoms with Crippen LogP contribution in [0.25, 0.3) is 0 Å². The SMILES string of the molecule is FC1CN(Cc2sccc2Br)C1. The zero-order chi connectivity index (χ0) is 8.55. The quantitative estimate of drug-likeness (QED) is 0.780. The van der Waals surface area contributed by atoms with E-state index in [1.807, 2.05) is 11.4 Å². The van der Waals surface area contributed by atoms with Crippen LogP contribution >= 0.6 is 27.3 Å². The molecule has 0 atom stereocenters. The fourth-order valence-electron chi connectivity index (χ4n) is 1.28. The van der Waals surface area contributed by atoms with Gasteiger partial charge in [0.2, 0.25) is 0 Å². The summed E-state index contributed by atoms with van der Waals surface area (Å²) in [6.45, 7) is 2.09. The van der Waals surface area contributed by atoms with Gasteiger partial charge in [0.15, 0.2) is 0 Å². The van der Waals surface area contributed by atoms with Gasteiger partial charge in [0.05, 0.1) is 0 Å². The summed E-state index contributed by atoms with van der Waals surface area (Å²) in [6.07, 6.45) is -0.594. The number of hydrogen-bond donors (Lipinski definition) is 0. The summed E-state index contributed by atoms with van der Waals surface area (Å²) in [4.78, 5) is 3.41. The lowest BCUT2D eigenvalue weighted by molar-refractivity contribution is 0.0598. The number of rotatable bonds is 2. The van der Waals surface area contributed by atoms with E-state index in [1.54, 1.807) is 11.3 Å². The van der Waals surface area contributed by atoms with Crippen molar-refractivity contribution < 1.29 is 4.39 Å². The maximum absolute atomic E-state index is 12.4. The molecule has 0 aromatic carbocycles. The molecule has 0 saturated carbocycles. The van der Waals surface area contributed by atoms with Crippen LogP contribution in [0.2, 0.25) is 0 Å². The van der Waals surface area contributed by atoms with Crippen LogP contribution in [0.3, 0.4) is 0 Å². The smallest absolute Gasteiger partial charge is 0.125 e. The standard InChI is InChI=1S/C8H9BrFNS/c9-7-1-2-12-8(7)5-11-3-6(10)4-11/h1-2,6H,3-5H2. The molecule has 0 amide bonds. The van der Waals surface area contributed by atoms with E-state index >= 15 is 0 Å². The lowest BCUT2D eigenvalue weighted by Gasteiger charge is -2.33. The average molecular weight is 250 g/mol. The molecule has 0 aliphatic carbocycles. The fraction of sp³-hybridized carbons (Fsp3) is 0.500. The summed E-state index contributed by atoms with van der Waals surface area (Å²) >= 11 is 5.17. The minimum absolute atomic E-state index is 0.594. The van der Waals surface area contributed by atoms with E-state index in [0.717, 1.165) is 11.0 Å². The minimum Gasteiger partial charge on any atom is -0.292 e. The van der Waals surface area contributed by atoms with Crippen LogP contribution < -0.4 is 0 Å². The van der Waals surface area contributed by atoms with E-state index in [2.05, 4.69) is 20.8 Å². The Bertz CT molecular complexity index is 270. The van der Waals surface area contributed by atoms with E-state index in [1.165, 1.54) is 4.88 Å². The number of halogens is 2. The molecule has 1 aromatic rings. The topological polar surface area (TPSA) is 3.24 Å². The van der Waals surface area contributed by atoms with E-state index in [-0.39, 0.29) is 0 Å². The first-order chi connectivity index (χ1) is 5.75. The Kier molecular flexibility index (Phi) is 2.48. The molecule has 12 heavy (non-hydrogen) atoms. The van der Waals surface area contributed by atoms with Crippen LogP contribution in [0.4, 0.5) is 4.39 Å². The third-order valence-corrected chi connectivity index (χ3v) is 3.88. The molecule has 0 bridgehead atoms. The van der Waals surface area contributed by atoms with Crippen LogP contribution in [-0.2, 0) is 6.54 Å². The summed E-state index contributed by atoms with van der Waals surface area (Å²) in [5.74, 6) is 0. The summed E-state index contributed by atoms with van der Waals surface area (Å²) in [7, 11) is 0. The number of thiophene rings is 1. The Morgan fingerprint density at radius 1 is 1.67 bits per heavy atom. The van der Waals surface area contributed by atoms with Gasteiger partial charge in [0.1, 0.15) is 6.17 Å². The van der Waals surface area contributed by atoms with Gasteiger partial charge in [-0.25, -0.2) is 4.39 Å². The first-order valence-corrected chi connectivity index (χ1v) is 5.51. The maximum atomic E-state index is 12.4. The summed E-state index contributed by atoms with van der Waals surface area (Å²) in [5.41, 5.74) is 0. The largest absolute Gasteiger partial charge is 0.292 e. The van der Waals surface area contributed by atoms with Gasteiger partial charge in [0, 0.05) is 29.0 Å². The normalized spacial score (nSPS) is 19.5. The highest BCUT2D eigenvalue weighted by Crippen LogP contribution is 2.26. The molecule has 1 saturated heterocycles. The number of nitrogens with zero attached hydrogens (tertiary/aromatic N) is 1. The van der Waals surface area contributed by atoms with Gasteiger partial charge in [-0.15, -0.1) is 11.3 Å². The van der Waals surface area contributed by atoms with Crippen molar-refractivity contribution in [1.82, 2.24) is 4.90 Å². The van der Waals surface area contributed by atoms with Crippen molar-refractivity contribution in [3.8, 4) is 0 Å². The third kappa shape index (κ3) is 1.70. The Hall–Kier alpha value is 0.0700. The molecule has 0 N–H and O–H groups in total. The second kappa shape index (κ2) is 3.44. The Morgan fingerprint density at radius 2 is 2.42 bits per heavy atom. The van der Waals surface area contributed by atoms with Crippen LogP contribution in [0.5, 0.6) is 0 Å². The minimum atomic E-state index is -0.594. The monoisotopic (exact) mass is 249 g/mol. The molecule has 1 aliphatic heterocycles. The molecular weight excluding hydrogens is 241 g/mol. The predicted molar refractivity (Wildman–Crippen MR) is 52.2 cm³/mol. The Balaban J connectivity index is 1.92. The molecular formula is C8H9BrFNS. The van der Waals surface area contributed by atoms with Crippen LogP contribution in [0.15, 0.2) is 15.9 Å². The van der Waals surface area contributed by atoms with Gasteiger partial charge >= 0.3 is 0 Å². The summed E-state index contributed by atoms with van der Waals surface area (Å²) in [5, 5.41) is 2.05. The summed E-state index contributed by atoms with van der Waals surface area (Å²) < 4.78 is 13.6. The maximum Gasteiger partial charge on any atom is 0.125 e. The van der Waals surface area contributed by atoms with E-state index in [0.29, 0.717) is 13.1 Å². The van der Waals surface area contributed by atoms with E-state index in [9.17, 15) is 4.39 Å². The van der Waals surface area contributed by atoms with E-state index < -0.39 is 6.17 Å². The van der Waals surface area contributed by atoms with Crippen LogP contribution in [0.1, 0.15) is 4.88 Å². The van der Waals surface area contributed by atoms with Gasteiger partial charge in [0.25, 0.3) is 0 Å². The van der Waals surface area contributed by atoms with Crippen LogP contribution in [0, 0.1) is 0 Å². The molecule has 1 nitrogen and oxygen atoms in total. The number of hydrogen-bond acceptors (Lipinski definition) is 2. The van der Waals surface area contributed by atoms with Gasteiger partial charge < -0.3 is 0 Å². The first kappa shape index (κ1) is 8.66. The number of alkyl halides is 1. The highest BCUT2D eigenvalue weighted by Gasteiger charge is 2.26. The molecule has 66 valence electrons. The van der Waals surface area contributed by atoms with Gasteiger partial charge in [-0.3, -0.25) is 4.90 Å². The van der Waals surface area contributed by atoms with Crippen molar-refractivity contribution in [2.24, 2.45) is 0 Å². The average Bonchev–Trinajstić information content (AvgIpc) is 2.33. The molecule has 2 rings (SSSR count). The first-order valence-electron chi connectivity index (χ1n) is 3.84. The van der Waals surface area contributed by atoms with Gasteiger partial charge in [-0.05, 0) is 27.4 Å². The van der Waals surface area contributed by atoms with Crippen molar-refractivity contribution in [1.29, 1.82) is 0 Å². The van der Waals surface area contributed by atoms with Gasteiger partial charge in [-0.2, -0.15) is 0 Å². The zero-order valence-electron chi connectivity index (χ0n) is 6.46. The highest BCUT2D eigenvalue weighted by atomic mass is 79.9. The van der Waals surface area contributed by atoms with Crippen molar-refractivity contribution >= 4 is 27.3 Å². The highest BCUT2D eigenvalue weighted by molar-refractivity contribution is 9.10. The van der Waals surface area contributed by atoms with Crippen molar-refractivity contribution in [2.45, 2.75) is 12.7 Å². The molecule has 4 heteroatoms. The molecule has 1 aliphatic rings. The number of likely N-dealkylation sites (tertiary alicyclic amines) is 1. The molecule has 1 fully saturated rings. The molecule has 0 radical (unpaired) electrons. The zero-order valence-corrected chi connectivity index (χ0v) is 8.87. The molecule has 0 unspecified atom stereocenters. The second-order valence-electron chi connectivity index (χ2n) is 2.98. The molecule has 1 aromatic heterocycles.